The molecule has 4 rings (SSSR count). The number of carboxylic acid groups (broad SMARTS) is 1. The van der Waals surface area contributed by atoms with Crippen LogP contribution in [-0.4, -0.2) is 26.4 Å². The number of hydrogen-bond acceptors (Lipinski definition) is 4. The number of carbonyl (C=O) groups is 1. The van der Waals surface area contributed by atoms with Crippen molar-refractivity contribution in [2.24, 2.45) is 0 Å². The van der Waals surface area contributed by atoms with Crippen LogP contribution in [0.4, 0.5) is 26.3 Å². The molecule has 0 saturated carbocycles. The second kappa shape index (κ2) is 9.93. The van der Waals surface area contributed by atoms with Crippen molar-refractivity contribution in [2.45, 2.75) is 19.0 Å². The highest BCUT2D eigenvalue weighted by molar-refractivity contribution is 6.30. The molecule has 0 aliphatic carbocycles. The Kier molecular flexibility index (Phi) is 7.02. The Labute approximate surface area is 215 Å². The van der Waals surface area contributed by atoms with E-state index < -0.39 is 46.3 Å². The molecule has 38 heavy (non-hydrogen) atoms. The van der Waals surface area contributed by atoms with Gasteiger partial charge >= 0.3 is 18.3 Å². The lowest BCUT2D eigenvalue weighted by atomic mass is 9.95. The molecule has 3 aromatic carbocycles. The Hall–Kier alpha value is -4.19. The molecule has 0 amide bonds. The molecule has 0 fully saturated rings. The van der Waals surface area contributed by atoms with E-state index in [-0.39, 0.29) is 35.4 Å². The lowest BCUT2D eigenvalue weighted by Gasteiger charge is -2.19. The van der Waals surface area contributed by atoms with E-state index in [0.29, 0.717) is 22.7 Å². The van der Waals surface area contributed by atoms with Gasteiger partial charge in [0.15, 0.2) is 0 Å². The summed E-state index contributed by atoms with van der Waals surface area (Å²) in [6.07, 6.45) is -10.3. The zero-order valence-corrected chi connectivity index (χ0v) is 19.5. The van der Waals surface area contributed by atoms with Gasteiger partial charge in [-0.25, -0.2) is 4.79 Å². The minimum atomic E-state index is -5.13. The molecule has 0 radical (unpaired) electrons. The fourth-order valence-electron chi connectivity index (χ4n) is 3.59. The number of benzene rings is 3. The predicted octanol–water partition coefficient (Wildman–Crippen LogP) is 7.42. The van der Waals surface area contributed by atoms with Crippen molar-refractivity contribution < 1.29 is 46.1 Å². The van der Waals surface area contributed by atoms with E-state index in [4.69, 9.17) is 21.4 Å². The van der Waals surface area contributed by atoms with Gasteiger partial charge in [-0.2, -0.15) is 31.4 Å². The van der Waals surface area contributed by atoms with Crippen LogP contribution in [0.1, 0.15) is 27.2 Å². The summed E-state index contributed by atoms with van der Waals surface area (Å²) in [7, 11) is 0. The number of halogens is 7. The normalized spacial score (nSPS) is 12.0. The first-order chi connectivity index (χ1) is 17.7. The van der Waals surface area contributed by atoms with Crippen molar-refractivity contribution in [3.63, 3.8) is 0 Å². The van der Waals surface area contributed by atoms with Gasteiger partial charge in [-0.05, 0) is 59.7 Å². The quantitative estimate of drug-likeness (QED) is 0.215. The van der Waals surface area contributed by atoms with Gasteiger partial charge in [-0.3, -0.25) is 5.10 Å². The smallest absolute Gasteiger partial charge is 0.416 e. The number of aromatic hydroxyl groups is 1. The highest BCUT2D eigenvalue weighted by Gasteiger charge is 2.37. The predicted molar refractivity (Wildman–Crippen MR) is 124 cm³/mol. The van der Waals surface area contributed by atoms with Gasteiger partial charge in [0.2, 0.25) is 0 Å². The number of ether oxygens (including phenoxy) is 1. The van der Waals surface area contributed by atoms with Crippen molar-refractivity contribution in [1.82, 2.24) is 10.2 Å². The third-order valence-electron chi connectivity index (χ3n) is 5.41. The molecule has 0 atom stereocenters. The Morgan fingerprint density at radius 2 is 1.53 bits per heavy atom. The Balaban J connectivity index is 1.91. The molecule has 1 heterocycles. The third kappa shape index (κ3) is 5.70. The van der Waals surface area contributed by atoms with Crippen LogP contribution in [0.2, 0.25) is 5.02 Å². The first-order valence-corrected chi connectivity index (χ1v) is 10.9. The average Bonchev–Trinajstić information content (AvgIpc) is 3.33. The molecule has 0 aliphatic rings. The van der Waals surface area contributed by atoms with Crippen molar-refractivity contribution in [2.75, 3.05) is 0 Å². The van der Waals surface area contributed by atoms with Gasteiger partial charge < -0.3 is 14.9 Å². The molecule has 0 aliphatic heterocycles. The Morgan fingerprint density at radius 3 is 2.05 bits per heavy atom. The number of phenols is 1. The molecular weight excluding hydrogens is 542 g/mol. The fourth-order valence-corrected chi connectivity index (χ4v) is 3.71. The van der Waals surface area contributed by atoms with Gasteiger partial charge in [0, 0.05) is 10.6 Å². The summed E-state index contributed by atoms with van der Waals surface area (Å²) in [5, 5.41) is 26.6. The van der Waals surface area contributed by atoms with E-state index in [1.54, 1.807) is 24.3 Å². The lowest BCUT2D eigenvalue weighted by molar-refractivity contribution is -0.143. The first kappa shape index (κ1) is 26.9. The van der Waals surface area contributed by atoms with Gasteiger partial charge in [-0.15, -0.1) is 0 Å². The van der Waals surface area contributed by atoms with Crippen LogP contribution in [0.3, 0.4) is 0 Å². The van der Waals surface area contributed by atoms with E-state index in [2.05, 4.69) is 10.2 Å². The number of carboxylic acids is 1. The zero-order valence-electron chi connectivity index (χ0n) is 18.8. The maximum Gasteiger partial charge on any atom is 0.416 e. The van der Waals surface area contributed by atoms with E-state index >= 15 is 0 Å². The van der Waals surface area contributed by atoms with Crippen molar-refractivity contribution in [3.05, 3.63) is 88.1 Å². The highest BCUT2D eigenvalue weighted by Crippen LogP contribution is 2.47. The number of nitrogens with one attached hydrogen (secondary N) is 1. The van der Waals surface area contributed by atoms with Crippen LogP contribution < -0.4 is 4.74 Å². The summed E-state index contributed by atoms with van der Waals surface area (Å²) in [4.78, 5) is 11.2. The number of aromatic nitrogens is 2. The summed E-state index contributed by atoms with van der Waals surface area (Å²) >= 11 is 5.85. The number of phenolic OH excluding ortho intramolecular Hbond substituents is 1. The van der Waals surface area contributed by atoms with E-state index in [9.17, 15) is 36.2 Å². The molecule has 4 aromatic rings. The topological polar surface area (TPSA) is 95.4 Å². The van der Waals surface area contributed by atoms with Crippen LogP contribution in [0.25, 0.3) is 22.4 Å². The van der Waals surface area contributed by atoms with Crippen LogP contribution >= 0.6 is 11.6 Å². The van der Waals surface area contributed by atoms with Gasteiger partial charge in [-0.1, -0.05) is 23.7 Å². The van der Waals surface area contributed by atoms with E-state index in [1.807, 2.05) is 0 Å². The molecule has 0 saturated heterocycles. The van der Waals surface area contributed by atoms with Crippen LogP contribution in [0, 0.1) is 0 Å². The Morgan fingerprint density at radius 1 is 0.921 bits per heavy atom. The lowest BCUT2D eigenvalue weighted by Crippen LogP contribution is -2.11. The largest absolute Gasteiger partial charge is 0.506 e. The summed E-state index contributed by atoms with van der Waals surface area (Å²) < 4.78 is 86.9. The van der Waals surface area contributed by atoms with Gasteiger partial charge in [0.05, 0.1) is 22.4 Å². The maximum absolute atomic E-state index is 13.5. The number of aromatic amines is 1. The summed E-state index contributed by atoms with van der Waals surface area (Å²) in [6.45, 7) is -0.167. The second-order valence-electron chi connectivity index (χ2n) is 8.02. The van der Waals surface area contributed by atoms with Crippen LogP contribution in [0.5, 0.6) is 11.5 Å². The molecule has 0 bridgehead atoms. The van der Waals surface area contributed by atoms with Crippen molar-refractivity contribution in [3.8, 4) is 33.9 Å². The molecule has 3 N–H and O–H groups in total. The highest BCUT2D eigenvalue weighted by atomic mass is 35.5. The summed E-state index contributed by atoms with van der Waals surface area (Å²) in [5.41, 5.74) is -4.36. The number of rotatable bonds is 6. The van der Waals surface area contributed by atoms with Crippen LogP contribution in [0.15, 0.2) is 60.7 Å². The first-order valence-electron chi connectivity index (χ1n) is 10.6. The van der Waals surface area contributed by atoms with Gasteiger partial charge in [0.1, 0.15) is 23.8 Å². The minimum absolute atomic E-state index is 0.0362. The van der Waals surface area contributed by atoms with E-state index in [0.717, 1.165) is 6.07 Å². The number of aromatic carboxylic acids is 1. The molecule has 0 unspecified atom stereocenters. The molecular formula is C25H15ClF6N2O4. The van der Waals surface area contributed by atoms with Crippen molar-refractivity contribution in [1.29, 1.82) is 0 Å². The molecule has 198 valence electrons. The molecule has 0 spiro atoms. The second-order valence-corrected chi connectivity index (χ2v) is 8.45. The average molecular weight is 557 g/mol. The fraction of sp³-hybridized carbons (Fsp3) is 0.120. The number of H-pyrrole nitrogens is 1. The zero-order chi connectivity index (χ0) is 27.8. The third-order valence-corrected chi connectivity index (χ3v) is 5.66. The Bertz CT molecular complexity index is 1470. The van der Waals surface area contributed by atoms with E-state index in [1.165, 1.54) is 12.1 Å². The SMILES string of the molecule is O=C(O)c1cc(-c2ccc(OCc3ccc(Cl)cc3)c(-c3cc(C(F)(F)F)cc(C(F)(F)F)c3)c2O)n[nH]1. The number of nitrogens with zero attached hydrogens (tertiary/aromatic N) is 1. The molecule has 6 nitrogen and oxygen atoms in total. The number of alkyl halides is 6. The number of hydrogen-bond donors (Lipinski definition) is 3. The summed E-state index contributed by atoms with van der Waals surface area (Å²) in [5.74, 6) is -2.38. The minimum Gasteiger partial charge on any atom is -0.506 e. The molecule has 1 aromatic heterocycles. The van der Waals surface area contributed by atoms with Gasteiger partial charge in [0.25, 0.3) is 0 Å². The standard InChI is InChI=1S/C25H15ClF6N2O4/c26-16-3-1-12(2-4-16)11-38-20-6-5-17(18-10-19(23(36)37)34-33-18)22(35)21(20)13-7-14(24(27,28)29)9-15(8-13)25(30,31)32/h1-10,35H,11H2,(H,33,34)(H,36,37). The van der Waals surface area contributed by atoms with Crippen LogP contribution in [-0.2, 0) is 19.0 Å². The maximum atomic E-state index is 13.5. The molecule has 13 heteroatoms. The van der Waals surface area contributed by atoms with Crippen molar-refractivity contribution >= 4 is 17.6 Å². The summed E-state index contributed by atoms with van der Waals surface area (Å²) in [6, 6.07) is 10.7. The monoisotopic (exact) mass is 556 g/mol.